The molecule has 4 fully saturated rings. The average molecular weight is 644 g/mol. The lowest BCUT2D eigenvalue weighted by Crippen LogP contribution is -2.49. The fourth-order valence-corrected chi connectivity index (χ4v) is 9.64. The zero-order valence-electron chi connectivity index (χ0n) is 27.4. The number of nitrogens with zero attached hydrogens (tertiary/aromatic N) is 3. The highest BCUT2D eigenvalue weighted by Gasteiger charge is 2.67. The van der Waals surface area contributed by atoms with E-state index in [1.54, 1.807) is 23.1 Å². The van der Waals surface area contributed by atoms with Crippen LogP contribution >= 0.6 is 0 Å². The van der Waals surface area contributed by atoms with Gasteiger partial charge in [-0.3, -0.25) is 29.0 Å². The molecule has 3 aromatic carbocycles. The summed E-state index contributed by atoms with van der Waals surface area (Å²) < 4.78 is 0. The van der Waals surface area contributed by atoms with Gasteiger partial charge in [0.1, 0.15) is 5.75 Å². The van der Waals surface area contributed by atoms with E-state index in [0.717, 1.165) is 43.6 Å². The van der Waals surface area contributed by atoms with Crippen LogP contribution in [-0.4, -0.2) is 57.7 Å². The van der Waals surface area contributed by atoms with Gasteiger partial charge in [0.05, 0.1) is 28.9 Å². The quantitative estimate of drug-likeness (QED) is 0.287. The van der Waals surface area contributed by atoms with Crippen molar-refractivity contribution in [3.63, 3.8) is 0 Å². The summed E-state index contributed by atoms with van der Waals surface area (Å²) in [6.07, 6.45) is 4.35. The van der Waals surface area contributed by atoms with Crippen molar-refractivity contribution in [1.82, 2.24) is 9.80 Å². The molecule has 3 saturated heterocycles. The number of likely N-dealkylation sites (tertiary alicyclic amines) is 2. The lowest BCUT2D eigenvalue weighted by atomic mass is 9.51. The molecular weight excluding hydrogens is 602 g/mol. The summed E-state index contributed by atoms with van der Waals surface area (Å²) in [4.78, 5) is 62.7. The number of anilines is 1. The summed E-state index contributed by atoms with van der Waals surface area (Å²) in [6, 6.07) is 24.6. The van der Waals surface area contributed by atoms with Gasteiger partial charge in [-0.15, -0.1) is 0 Å². The molecule has 0 radical (unpaired) electrons. The third-order valence-electron chi connectivity index (χ3n) is 12.0. The fourth-order valence-electron chi connectivity index (χ4n) is 9.64. The molecule has 0 aromatic heterocycles. The van der Waals surface area contributed by atoms with Crippen LogP contribution in [0.15, 0.2) is 90.5 Å². The summed E-state index contributed by atoms with van der Waals surface area (Å²) in [7, 11) is 0. The molecule has 6 atom stereocenters. The van der Waals surface area contributed by atoms with E-state index in [9.17, 15) is 24.3 Å². The Kier molecular flexibility index (Phi) is 7.40. The standard InChI is InChI=1S/C40H41N3O5/c1-24-21-26(13-16-33(24)44)35-29-14-15-30-34(31(29)22-32-37(46)43(39(48)40(32,35)2)27-11-7-4-8-12-27)38(47)42(36(30)45)28-17-19-41(20-18-28)23-25-9-5-3-6-10-25/h3-14,16,21,28,30-32,34-35,44H,15,17-20,22-23H2,1-2H3/t30-,31+,32-,34-,35-,40+/m0/s1. The third kappa shape index (κ3) is 4.60. The number of phenolic OH excluding ortho intramolecular Hbond substituents is 1. The van der Waals surface area contributed by atoms with E-state index >= 15 is 0 Å². The van der Waals surface area contributed by atoms with E-state index in [2.05, 4.69) is 23.1 Å². The van der Waals surface area contributed by atoms with Crippen molar-refractivity contribution in [2.45, 2.75) is 58.0 Å². The van der Waals surface area contributed by atoms with Crippen LogP contribution in [0.2, 0.25) is 0 Å². The minimum absolute atomic E-state index is 0.0908. The van der Waals surface area contributed by atoms with Crippen LogP contribution in [-0.2, 0) is 25.7 Å². The van der Waals surface area contributed by atoms with Gasteiger partial charge in [0.2, 0.25) is 23.6 Å². The van der Waals surface area contributed by atoms with Crippen LogP contribution in [0.1, 0.15) is 55.2 Å². The Labute approximate surface area is 281 Å². The Hall–Kier alpha value is -4.56. The first kappa shape index (κ1) is 30.8. The molecule has 1 saturated carbocycles. The number of amides is 4. The van der Waals surface area contributed by atoms with Gasteiger partial charge in [0.15, 0.2) is 0 Å². The van der Waals surface area contributed by atoms with Crippen LogP contribution in [0, 0.1) is 36.0 Å². The SMILES string of the molecule is Cc1cc([C@H]2C3=CC[C@@H]4C(=O)N(C5CCN(Cc6ccccc6)CC5)C(=O)[C@@H]4[C@@H]3C[C@H]3C(=O)N(c4ccccc4)C(=O)[C@@]23C)ccc1O. The predicted octanol–water partition coefficient (Wildman–Crippen LogP) is 5.60. The number of fused-ring (bicyclic) bond motifs is 4. The van der Waals surface area contributed by atoms with E-state index in [0.29, 0.717) is 24.1 Å². The molecule has 3 heterocycles. The maximum Gasteiger partial charge on any atom is 0.241 e. The van der Waals surface area contributed by atoms with Crippen molar-refractivity contribution in [3.8, 4) is 5.75 Å². The smallest absolute Gasteiger partial charge is 0.241 e. The lowest BCUT2D eigenvalue weighted by molar-refractivity contribution is -0.144. The predicted molar refractivity (Wildman–Crippen MR) is 180 cm³/mol. The van der Waals surface area contributed by atoms with Gasteiger partial charge >= 0.3 is 0 Å². The fraction of sp³-hybridized carbons (Fsp3) is 0.400. The summed E-state index contributed by atoms with van der Waals surface area (Å²) in [6.45, 7) is 6.19. The van der Waals surface area contributed by atoms with Crippen molar-refractivity contribution in [1.29, 1.82) is 0 Å². The second kappa shape index (κ2) is 11.5. The molecule has 8 nitrogen and oxygen atoms in total. The van der Waals surface area contributed by atoms with E-state index in [-0.39, 0.29) is 41.3 Å². The van der Waals surface area contributed by atoms with Crippen LogP contribution in [0.4, 0.5) is 5.69 Å². The highest BCUT2D eigenvalue weighted by atomic mass is 16.3. The molecule has 2 aliphatic carbocycles. The number of aromatic hydroxyl groups is 1. The van der Waals surface area contributed by atoms with E-state index in [1.165, 1.54) is 10.5 Å². The number of hydrogen-bond acceptors (Lipinski definition) is 6. The summed E-state index contributed by atoms with van der Waals surface area (Å²) >= 11 is 0. The first-order valence-electron chi connectivity index (χ1n) is 17.2. The molecule has 5 aliphatic rings. The monoisotopic (exact) mass is 643 g/mol. The van der Waals surface area contributed by atoms with Crippen LogP contribution in [0.3, 0.4) is 0 Å². The van der Waals surface area contributed by atoms with Crippen LogP contribution < -0.4 is 4.90 Å². The van der Waals surface area contributed by atoms with Gasteiger partial charge in [-0.1, -0.05) is 72.3 Å². The first-order chi connectivity index (χ1) is 23.2. The zero-order valence-corrected chi connectivity index (χ0v) is 27.4. The second-order valence-electron chi connectivity index (χ2n) is 14.6. The maximum atomic E-state index is 14.5. The summed E-state index contributed by atoms with van der Waals surface area (Å²) in [5.74, 6) is -3.06. The number of rotatable bonds is 5. The summed E-state index contributed by atoms with van der Waals surface area (Å²) in [5, 5.41) is 10.4. The number of imide groups is 2. The Morgan fingerprint density at radius 1 is 0.833 bits per heavy atom. The minimum atomic E-state index is -1.09. The van der Waals surface area contributed by atoms with Crippen molar-refractivity contribution < 1.29 is 24.3 Å². The highest BCUT2D eigenvalue weighted by molar-refractivity contribution is 6.24. The molecule has 3 aromatic rings. The van der Waals surface area contributed by atoms with Gasteiger partial charge in [0, 0.05) is 31.6 Å². The Balaban J connectivity index is 1.12. The lowest BCUT2D eigenvalue weighted by Gasteiger charge is -2.49. The number of aryl methyl sites for hydroxylation is 1. The second-order valence-corrected chi connectivity index (χ2v) is 14.6. The molecule has 1 N–H and O–H groups in total. The number of hydrogen-bond donors (Lipinski definition) is 1. The van der Waals surface area contributed by atoms with Gasteiger partial charge in [-0.2, -0.15) is 0 Å². The topological polar surface area (TPSA) is 98.2 Å². The number of para-hydroxylation sites is 1. The average Bonchev–Trinajstić information content (AvgIpc) is 3.46. The van der Waals surface area contributed by atoms with Crippen LogP contribution in [0.25, 0.3) is 0 Å². The normalized spacial score (nSPS) is 30.7. The highest BCUT2D eigenvalue weighted by Crippen LogP contribution is 2.63. The van der Waals surface area contributed by atoms with Gasteiger partial charge in [-0.05, 0) is 80.3 Å². The van der Waals surface area contributed by atoms with Crippen molar-refractivity contribution in [2.24, 2.45) is 29.1 Å². The number of carbonyl (C=O) groups is 4. The zero-order chi connectivity index (χ0) is 33.3. The number of benzene rings is 3. The first-order valence-corrected chi connectivity index (χ1v) is 17.2. The van der Waals surface area contributed by atoms with Crippen molar-refractivity contribution in [3.05, 3.63) is 107 Å². The van der Waals surface area contributed by atoms with Crippen molar-refractivity contribution >= 4 is 29.3 Å². The molecule has 0 spiro atoms. The van der Waals surface area contributed by atoms with Crippen LogP contribution in [0.5, 0.6) is 5.75 Å². The maximum absolute atomic E-state index is 14.5. The van der Waals surface area contributed by atoms with Crippen molar-refractivity contribution in [2.75, 3.05) is 18.0 Å². The Morgan fingerprint density at radius 3 is 2.21 bits per heavy atom. The number of carbonyl (C=O) groups excluding carboxylic acids is 4. The largest absolute Gasteiger partial charge is 0.508 e. The molecule has 8 rings (SSSR count). The molecule has 48 heavy (non-hydrogen) atoms. The minimum Gasteiger partial charge on any atom is -0.508 e. The molecule has 8 heteroatoms. The van der Waals surface area contributed by atoms with E-state index in [4.69, 9.17) is 0 Å². The summed E-state index contributed by atoms with van der Waals surface area (Å²) in [5.41, 5.74) is 3.18. The Morgan fingerprint density at radius 2 is 1.52 bits per heavy atom. The van der Waals surface area contributed by atoms with Gasteiger partial charge in [0.25, 0.3) is 0 Å². The Bertz CT molecular complexity index is 1830. The molecule has 246 valence electrons. The molecule has 4 amide bonds. The van der Waals surface area contributed by atoms with E-state index < -0.39 is 29.1 Å². The number of piperidine rings is 1. The molecule has 3 aliphatic heterocycles. The van der Waals surface area contributed by atoms with E-state index in [1.807, 2.05) is 62.4 Å². The van der Waals surface area contributed by atoms with Gasteiger partial charge in [-0.25, -0.2) is 4.90 Å². The third-order valence-corrected chi connectivity index (χ3v) is 12.0. The van der Waals surface area contributed by atoms with Gasteiger partial charge < -0.3 is 5.11 Å². The number of allylic oxidation sites excluding steroid dienone is 2. The molecule has 0 unspecified atom stereocenters. The number of phenols is 1. The molecular formula is C40H41N3O5. The molecule has 0 bridgehead atoms.